The van der Waals surface area contributed by atoms with Crippen LogP contribution in [-0.2, 0) is 23.2 Å². The van der Waals surface area contributed by atoms with Crippen LogP contribution in [0.3, 0.4) is 0 Å². The van der Waals surface area contributed by atoms with Gasteiger partial charge in [0.1, 0.15) is 5.69 Å². The summed E-state index contributed by atoms with van der Waals surface area (Å²) in [7, 11) is 8.09. The number of fused-ring (bicyclic) bond motifs is 1. The van der Waals surface area contributed by atoms with Crippen molar-refractivity contribution in [1.29, 1.82) is 0 Å². The van der Waals surface area contributed by atoms with Gasteiger partial charge in [-0.05, 0) is 48.2 Å². The molecule has 6 nitrogen and oxygen atoms in total. The third kappa shape index (κ3) is 3.30. The molecule has 0 unspecified atom stereocenters. The molecule has 0 N–H and O–H groups in total. The summed E-state index contributed by atoms with van der Waals surface area (Å²) in [5.41, 5.74) is 6.01. The van der Waals surface area contributed by atoms with Crippen LogP contribution in [0.2, 0.25) is 0 Å². The first-order valence-corrected chi connectivity index (χ1v) is 11.0. The molecular formula is C26H30N4O2. The van der Waals surface area contributed by atoms with Gasteiger partial charge < -0.3 is 14.5 Å². The Morgan fingerprint density at radius 1 is 0.812 bits per heavy atom. The second-order valence-corrected chi connectivity index (χ2v) is 8.50. The number of esters is 1. The molecule has 0 fully saturated rings. The van der Waals surface area contributed by atoms with Crippen LogP contribution in [0.15, 0.2) is 48.8 Å². The lowest BCUT2D eigenvalue weighted by atomic mass is 9.78. The average Bonchev–Trinajstić information content (AvgIpc) is 3.11. The Bertz CT molecular complexity index is 1110. The van der Waals surface area contributed by atoms with Crippen molar-refractivity contribution in [3.63, 3.8) is 0 Å². The zero-order chi connectivity index (χ0) is 23.0. The molecule has 6 heteroatoms. The first-order valence-electron chi connectivity index (χ1n) is 11.0. The van der Waals surface area contributed by atoms with E-state index < -0.39 is 11.6 Å². The Labute approximate surface area is 189 Å². The van der Waals surface area contributed by atoms with E-state index in [0.717, 1.165) is 46.5 Å². The molecule has 2 aromatic carbocycles. The molecule has 0 saturated carbocycles. The van der Waals surface area contributed by atoms with E-state index in [0.29, 0.717) is 5.69 Å². The lowest BCUT2D eigenvalue weighted by Crippen LogP contribution is -2.33. The summed E-state index contributed by atoms with van der Waals surface area (Å²) < 4.78 is 6.29. The summed E-state index contributed by atoms with van der Waals surface area (Å²) in [6.45, 7) is 4.24. The largest absolute Gasteiger partial charge is 0.438 e. The Morgan fingerprint density at radius 2 is 1.31 bits per heavy atom. The number of benzene rings is 2. The van der Waals surface area contributed by atoms with Gasteiger partial charge in [0.25, 0.3) is 0 Å². The maximum absolute atomic E-state index is 13.0. The minimum atomic E-state index is -1.13. The monoisotopic (exact) mass is 430 g/mol. The van der Waals surface area contributed by atoms with Crippen LogP contribution in [0.25, 0.3) is 0 Å². The van der Waals surface area contributed by atoms with Gasteiger partial charge in [-0.1, -0.05) is 26.0 Å². The Balaban J connectivity index is 2.08. The smallest absolute Gasteiger partial charge is 0.360 e. The summed E-state index contributed by atoms with van der Waals surface area (Å²) in [6, 6.07) is 12.6. The van der Waals surface area contributed by atoms with E-state index >= 15 is 0 Å². The number of ether oxygens (including phenoxy) is 1. The number of hydrogen-bond acceptors (Lipinski definition) is 6. The molecule has 166 valence electrons. The third-order valence-electron chi connectivity index (χ3n) is 6.20. The molecule has 3 aromatic rings. The fourth-order valence-corrected chi connectivity index (χ4v) is 4.48. The highest BCUT2D eigenvalue weighted by atomic mass is 16.6. The number of carbonyl (C=O) groups is 1. The molecule has 0 radical (unpaired) electrons. The molecule has 32 heavy (non-hydrogen) atoms. The van der Waals surface area contributed by atoms with Crippen LogP contribution in [0.4, 0.5) is 11.4 Å². The summed E-state index contributed by atoms with van der Waals surface area (Å²) in [5.74, 6) is -0.439. The van der Waals surface area contributed by atoms with Crippen molar-refractivity contribution in [2.45, 2.75) is 32.3 Å². The lowest BCUT2D eigenvalue weighted by molar-refractivity contribution is 0.0236. The highest BCUT2D eigenvalue weighted by molar-refractivity contribution is 5.94. The van der Waals surface area contributed by atoms with Gasteiger partial charge in [-0.3, -0.25) is 4.98 Å². The third-order valence-corrected chi connectivity index (χ3v) is 6.20. The maximum atomic E-state index is 13.0. The fourth-order valence-electron chi connectivity index (χ4n) is 4.48. The highest BCUT2D eigenvalue weighted by Crippen LogP contribution is 2.48. The van der Waals surface area contributed by atoms with E-state index in [2.05, 4.69) is 70.0 Å². The number of cyclic esters (lactones) is 1. The van der Waals surface area contributed by atoms with Crippen molar-refractivity contribution in [2.75, 3.05) is 38.0 Å². The van der Waals surface area contributed by atoms with E-state index in [4.69, 9.17) is 4.74 Å². The topological polar surface area (TPSA) is 58.6 Å². The Morgan fingerprint density at radius 3 is 1.78 bits per heavy atom. The van der Waals surface area contributed by atoms with Gasteiger partial charge in [0, 0.05) is 63.1 Å². The second-order valence-electron chi connectivity index (χ2n) is 8.50. The number of aryl methyl sites for hydroxylation is 2. The standard InChI is InChI=1S/C26H30N4O2/c1-7-17-15-19(29(3)4)9-11-21(17)26(24-23(25(31)32-26)27-13-14-28-24)22-12-10-20(30(5)6)16-18(22)8-2/h9-16H,7-8H2,1-6H3. The lowest BCUT2D eigenvalue weighted by Gasteiger charge is -2.33. The van der Waals surface area contributed by atoms with Crippen LogP contribution < -0.4 is 9.80 Å². The predicted octanol–water partition coefficient (Wildman–Crippen LogP) is 4.20. The molecule has 0 aliphatic carbocycles. The molecule has 0 spiro atoms. The van der Waals surface area contributed by atoms with Crippen LogP contribution in [0, 0.1) is 0 Å². The van der Waals surface area contributed by atoms with Gasteiger partial charge in [0.2, 0.25) is 5.60 Å². The van der Waals surface area contributed by atoms with E-state index in [1.165, 1.54) is 0 Å². The molecule has 0 saturated heterocycles. The molecule has 2 heterocycles. The maximum Gasteiger partial charge on any atom is 0.360 e. The zero-order valence-electron chi connectivity index (χ0n) is 19.6. The molecule has 0 bridgehead atoms. The van der Waals surface area contributed by atoms with Crippen LogP contribution in [0.1, 0.15) is 52.3 Å². The van der Waals surface area contributed by atoms with Crippen LogP contribution in [0.5, 0.6) is 0 Å². The second kappa shape index (κ2) is 8.26. The number of aromatic nitrogens is 2. The molecule has 0 amide bonds. The Hall–Kier alpha value is -3.41. The number of hydrogen-bond donors (Lipinski definition) is 0. The SMILES string of the molecule is CCc1cc(N(C)C)ccc1C1(c2ccc(N(C)C)cc2CC)OC(=O)c2nccnc21. The van der Waals surface area contributed by atoms with Gasteiger partial charge in [0.05, 0.1) is 0 Å². The normalized spacial score (nSPS) is 14.1. The van der Waals surface area contributed by atoms with Gasteiger partial charge in [-0.15, -0.1) is 0 Å². The summed E-state index contributed by atoms with van der Waals surface area (Å²) in [6.07, 6.45) is 4.77. The van der Waals surface area contributed by atoms with Crippen molar-refractivity contribution >= 4 is 17.3 Å². The number of carbonyl (C=O) groups excluding carboxylic acids is 1. The Kier molecular flexibility index (Phi) is 5.63. The van der Waals surface area contributed by atoms with E-state index in [1.807, 2.05) is 28.2 Å². The van der Waals surface area contributed by atoms with Crippen LogP contribution in [-0.4, -0.2) is 44.1 Å². The summed E-state index contributed by atoms with van der Waals surface area (Å²) in [4.78, 5) is 26.2. The van der Waals surface area contributed by atoms with Crippen LogP contribution >= 0.6 is 0 Å². The molecule has 4 rings (SSSR count). The van der Waals surface area contributed by atoms with Crippen molar-refractivity contribution in [2.24, 2.45) is 0 Å². The minimum Gasteiger partial charge on any atom is -0.438 e. The van der Waals surface area contributed by atoms with Gasteiger partial charge in [0.15, 0.2) is 5.69 Å². The first-order chi connectivity index (χ1) is 15.3. The average molecular weight is 431 g/mol. The highest BCUT2D eigenvalue weighted by Gasteiger charge is 2.52. The molecule has 1 aliphatic rings. The predicted molar refractivity (Wildman–Crippen MR) is 128 cm³/mol. The van der Waals surface area contributed by atoms with Gasteiger partial charge in [-0.25, -0.2) is 9.78 Å². The molecule has 1 aliphatic heterocycles. The van der Waals surface area contributed by atoms with Crippen molar-refractivity contribution in [3.8, 4) is 0 Å². The van der Waals surface area contributed by atoms with Crippen molar-refractivity contribution in [3.05, 3.63) is 82.4 Å². The van der Waals surface area contributed by atoms with Crippen molar-refractivity contribution < 1.29 is 9.53 Å². The van der Waals surface area contributed by atoms with Crippen molar-refractivity contribution in [1.82, 2.24) is 9.97 Å². The number of nitrogens with zero attached hydrogens (tertiary/aromatic N) is 4. The fraction of sp³-hybridized carbons (Fsp3) is 0.346. The quantitative estimate of drug-likeness (QED) is 0.547. The van der Waals surface area contributed by atoms with E-state index in [1.54, 1.807) is 12.4 Å². The molecule has 1 aromatic heterocycles. The summed E-state index contributed by atoms with van der Waals surface area (Å²) in [5, 5.41) is 0. The van der Waals surface area contributed by atoms with E-state index in [9.17, 15) is 4.79 Å². The minimum absolute atomic E-state index is 0.282. The zero-order valence-corrected chi connectivity index (χ0v) is 19.6. The van der Waals surface area contributed by atoms with E-state index in [-0.39, 0.29) is 5.69 Å². The number of rotatable bonds is 6. The summed E-state index contributed by atoms with van der Waals surface area (Å²) >= 11 is 0. The first kappa shape index (κ1) is 21.8. The van der Waals surface area contributed by atoms with Gasteiger partial charge >= 0.3 is 5.97 Å². The molecular weight excluding hydrogens is 400 g/mol. The van der Waals surface area contributed by atoms with Gasteiger partial charge in [-0.2, -0.15) is 0 Å². The number of anilines is 2. The molecule has 0 atom stereocenters.